The van der Waals surface area contributed by atoms with Crippen LogP contribution in [0, 0.1) is 0 Å². The van der Waals surface area contributed by atoms with Gasteiger partial charge in [-0.25, -0.2) is 8.78 Å². The number of anilines is 1. The smallest absolute Gasteiger partial charge is 0.260 e. The molecule has 0 saturated heterocycles. The molecule has 2 rings (SSSR count). The van der Waals surface area contributed by atoms with Gasteiger partial charge in [0.25, 0.3) is 6.43 Å². The highest BCUT2D eigenvalue weighted by molar-refractivity contribution is 5.58. The third-order valence-electron chi connectivity index (χ3n) is 2.75. The lowest BCUT2D eigenvalue weighted by atomic mass is 9.95. The molecule has 0 saturated carbocycles. The summed E-state index contributed by atoms with van der Waals surface area (Å²) in [6.07, 6.45) is -3.41. The molecule has 1 aliphatic heterocycles. The van der Waals surface area contributed by atoms with Gasteiger partial charge in [0.2, 0.25) is 0 Å². The molecule has 2 atom stereocenters. The number of aliphatic hydroxyl groups excluding tert-OH is 1. The number of aliphatic hydroxyl groups is 1. The molecule has 0 radical (unpaired) electrons. The summed E-state index contributed by atoms with van der Waals surface area (Å²) < 4.78 is 30.2. The summed E-state index contributed by atoms with van der Waals surface area (Å²) in [5.74, 6) is 0.607. The monoisotopic (exact) mass is 229 g/mol. The molecule has 2 unspecified atom stereocenters. The molecule has 88 valence electrons. The van der Waals surface area contributed by atoms with Crippen molar-refractivity contribution in [2.75, 3.05) is 12.4 Å². The number of hydrogen-bond donors (Lipinski definition) is 2. The van der Waals surface area contributed by atoms with E-state index in [4.69, 9.17) is 4.74 Å². The first-order valence-corrected chi connectivity index (χ1v) is 5.01. The summed E-state index contributed by atoms with van der Waals surface area (Å²) in [6.45, 7) is 0. The molecular weight excluding hydrogens is 216 g/mol. The highest BCUT2D eigenvalue weighted by atomic mass is 19.3. The van der Waals surface area contributed by atoms with Gasteiger partial charge >= 0.3 is 0 Å². The van der Waals surface area contributed by atoms with Gasteiger partial charge in [-0.05, 0) is 11.6 Å². The lowest BCUT2D eigenvalue weighted by molar-refractivity contribution is 0.0426. The Labute approximate surface area is 92.0 Å². The van der Waals surface area contributed by atoms with Crippen LogP contribution in [0.1, 0.15) is 5.56 Å². The molecule has 3 nitrogen and oxygen atoms in total. The number of rotatable bonds is 2. The standard InChI is InChI=1S/C11H13F2NO2/c1-16-7-3-2-6-4-9(15)10(11(12)13)14-8(6)5-7/h2-3,5,9-11,14-15H,4H2,1H3. The van der Waals surface area contributed by atoms with E-state index < -0.39 is 18.6 Å². The maximum atomic E-state index is 12.6. The Bertz CT molecular complexity index is 384. The fourth-order valence-corrected chi connectivity index (χ4v) is 1.85. The molecule has 0 aliphatic carbocycles. The topological polar surface area (TPSA) is 41.5 Å². The van der Waals surface area contributed by atoms with Gasteiger partial charge in [-0.2, -0.15) is 0 Å². The lowest BCUT2D eigenvalue weighted by Gasteiger charge is -2.31. The lowest BCUT2D eigenvalue weighted by Crippen LogP contribution is -2.44. The summed E-state index contributed by atoms with van der Waals surface area (Å²) in [6, 6.07) is 3.97. The number of hydrogen-bond acceptors (Lipinski definition) is 3. The van der Waals surface area contributed by atoms with Crippen LogP contribution in [0.25, 0.3) is 0 Å². The van der Waals surface area contributed by atoms with E-state index in [9.17, 15) is 13.9 Å². The van der Waals surface area contributed by atoms with Crippen molar-refractivity contribution < 1.29 is 18.6 Å². The molecule has 1 aliphatic rings. The second-order valence-corrected chi connectivity index (χ2v) is 3.80. The minimum atomic E-state index is -2.59. The molecule has 0 fully saturated rings. The first-order valence-electron chi connectivity index (χ1n) is 5.01. The SMILES string of the molecule is COc1ccc2c(c1)NC(C(F)F)C(O)C2. The van der Waals surface area contributed by atoms with Gasteiger partial charge < -0.3 is 15.2 Å². The van der Waals surface area contributed by atoms with Crippen molar-refractivity contribution in [3.63, 3.8) is 0 Å². The molecule has 1 aromatic rings. The number of benzene rings is 1. The van der Waals surface area contributed by atoms with Gasteiger partial charge in [0.15, 0.2) is 0 Å². The Kier molecular flexibility index (Phi) is 2.96. The third kappa shape index (κ3) is 1.95. The first kappa shape index (κ1) is 11.1. The summed E-state index contributed by atoms with van der Waals surface area (Å²) in [5.41, 5.74) is 1.43. The van der Waals surface area contributed by atoms with Crippen LogP contribution < -0.4 is 10.1 Å². The summed E-state index contributed by atoms with van der Waals surface area (Å²) in [4.78, 5) is 0. The number of fused-ring (bicyclic) bond motifs is 1. The average molecular weight is 229 g/mol. The van der Waals surface area contributed by atoms with Crippen molar-refractivity contribution in [2.24, 2.45) is 0 Å². The van der Waals surface area contributed by atoms with Crippen LogP contribution in [0.2, 0.25) is 0 Å². The summed E-state index contributed by atoms with van der Waals surface area (Å²) in [5, 5.41) is 12.2. The van der Waals surface area contributed by atoms with Crippen molar-refractivity contribution in [2.45, 2.75) is 25.0 Å². The Morgan fingerprint density at radius 2 is 2.25 bits per heavy atom. The van der Waals surface area contributed by atoms with Crippen LogP contribution >= 0.6 is 0 Å². The molecule has 5 heteroatoms. The molecule has 1 aromatic carbocycles. The van der Waals surface area contributed by atoms with E-state index in [1.807, 2.05) is 0 Å². The predicted molar refractivity (Wildman–Crippen MR) is 56.1 cm³/mol. The maximum Gasteiger partial charge on any atom is 0.260 e. The molecule has 1 heterocycles. The molecule has 2 N–H and O–H groups in total. The second-order valence-electron chi connectivity index (χ2n) is 3.80. The van der Waals surface area contributed by atoms with Gasteiger partial charge in [0.1, 0.15) is 11.8 Å². The van der Waals surface area contributed by atoms with Crippen LogP contribution in [0.5, 0.6) is 5.75 Å². The van der Waals surface area contributed by atoms with Crippen molar-refractivity contribution in [3.05, 3.63) is 23.8 Å². The van der Waals surface area contributed by atoms with Crippen LogP contribution in [-0.2, 0) is 6.42 Å². The fourth-order valence-electron chi connectivity index (χ4n) is 1.85. The van der Waals surface area contributed by atoms with E-state index in [-0.39, 0.29) is 6.42 Å². The van der Waals surface area contributed by atoms with Crippen molar-refractivity contribution in [1.82, 2.24) is 0 Å². The average Bonchev–Trinajstić information content (AvgIpc) is 2.27. The van der Waals surface area contributed by atoms with Gasteiger partial charge in [0.05, 0.1) is 13.2 Å². The van der Waals surface area contributed by atoms with E-state index in [0.717, 1.165) is 5.56 Å². The molecule has 0 spiro atoms. The number of alkyl halides is 2. The van der Waals surface area contributed by atoms with E-state index in [1.54, 1.807) is 18.2 Å². The van der Waals surface area contributed by atoms with Gasteiger partial charge in [-0.1, -0.05) is 6.07 Å². The van der Waals surface area contributed by atoms with Gasteiger partial charge in [0, 0.05) is 18.2 Å². The highest BCUT2D eigenvalue weighted by Gasteiger charge is 2.33. The molecule has 16 heavy (non-hydrogen) atoms. The zero-order valence-electron chi connectivity index (χ0n) is 8.78. The van der Waals surface area contributed by atoms with Crippen molar-refractivity contribution >= 4 is 5.69 Å². The molecular formula is C11H13F2NO2. The largest absolute Gasteiger partial charge is 0.497 e. The number of ether oxygens (including phenoxy) is 1. The maximum absolute atomic E-state index is 12.6. The number of methoxy groups -OCH3 is 1. The minimum Gasteiger partial charge on any atom is -0.497 e. The third-order valence-corrected chi connectivity index (χ3v) is 2.75. The molecule has 0 aromatic heterocycles. The minimum absolute atomic E-state index is 0.237. The Morgan fingerprint density at radius 3 is 2.88 bits per heavy atom. The quantitative estimate of drug-likeness (QED) is 0.810. The van der Waals surface area contributed by atoms with Crippen LogP contribution in [-0.4, -0.2) is 30.8 Å². The van der Waals surface area contributed by atoms with Crippen molar-refractivity contribution in [3.8, 4) is 5.75 Å². The summed E-state index contributed by atoms with van der Waals surface area (Å²) >= 11 is 0. The first-order chi connectivity index (χ1) is 7.61. The van der Waals surface area contributed by atoms with E-state index in [1.165, 1.54) is 7.11 Å². The molecule has 0 amide bonds. The predicted octanol–water partition coefficient (Wildman–Crippen LogP) is 1.66. The molecule has 0 bridgehead atoms. The Hall–Kier alpha value is -1.36. The highest BCUT2D eigenvalue weighted by Crippen LogP contribution is 2.30. The van der Waals surface area contributed by atoms with Crippen molar-refractivity contribution in [1.29, 1.82) is 0 Å². The Morgan fingerprint density at radius 1 is 1.50 bits per heavy atom. The number of nitrogens with one attached hydrogen (secondary N) is 1. The zero-order chi connectivity index (χ0) is 11.7. The van der Waals surface area contributed by atoms with Gasteiger partial charge in [-0.3, -0.25) is 0 Å². The van der Waals surface area contributed by atoms with E-state index >= 15 is 0 Å². The van der Waals surface area contributed by atoms with Gasteiger partial charge in [-0.15, -0.1) is 0 Å². The fraction of sp³-hybridized carbons (Fsp3) is 0.455. The van der Waals surface area contributed by atoms with E-state index in [0.29, 0.717) is 11.4 Å². The van der Waals surface area contributed by atoms with Crippen LogP contribution in [0.3, 0.4) is 0 Å². The number of halogens is 2. The van der Waals surface area contributed by atoms with E-state index in [2.05, 4.69) is 5.32 Å². The second kappa shape index (κ2) is 4.25. The normalized spacial score (nSPS) is 23.8. The van der Waals surface area contributed by atoms with Crippen LogP contribution in [0.15, 0.2) is 18.2 Å². The zero-order valence-corrected chi connectivity index (χ0v) is 8.78. The summed E-state index contributed by atoms with van der Waals surface area (Å²) in [7, 11) is 1.52. The van der Waals surface area contributed by atoms with Crippen LogP contribution in [0.4, 0.5) is 14.5 Å². The Balaban J connectivity index is 2.29.